The van der Waals surface area contributed by atoms with Crippen molar-refractivity contribution in [2.75, 3.05) is 6.54 Å². The lowest BCUT2D eigenvalue weighted by atomic mass is 10.1. The fraction of sp³-hybridized carbons (Fsp3) is 0.200. The molecule has 0 aliphatic carbocycles. The van der Waals surface area contributed by atoms with Gasteiger partial charge in [-0.2, -0.15) is 0 Å². The Balaban J connectivity index is 1.79. The molecule has 0 amide bonds. The van der Waals surface area contributed by atoms with Gasteiger partial charge in [0, 0.05) is 11.6 Å². The zero-order valence-electron chi connectivity index (χ0n) is 10.4. The first-order chi connectivity index (χ1) is 9.13. The number of benzene rings is 2. The third-order valence-electron chi connectivity index (χ3n) is 2.78. The van der Waals surface area contributed by atoms with Crippen LogP contribution in [0, 0.1) is 5.82 Å². The molecule has 0 heterocycles. The van der Waals surface area contributed by atoms with Crippen LogP contribution in [0.2, 0.25) is 5.02 Å². The van der Waals surface area contributed by atoms with Crippen LogP contribution < -0.4 is 5.32 Å². The average Bonchev–Trinajstić information content (AvgIpc) is 2.36. The summed E-state index contributed by atoms with van der Waals surface area (Å²) in [5.74, 6) is -0.0473. The topological polar surface area (TPSA) is 32.3 Å². The maximum Gasteiger partial charge on any atom is 0.125 e. The van der Waals surface area contributed by atoms with Gasteiger partial charge in [0.25, 0.3) is 0 Å². The van der Waals surface area contributed by atoms with Crippen molar-refractivity contribution < 1.29 is 9.50 Å². The number of hydrogen-bond acceptors (Lipinski definition) is 2. The number of halogens is 2. The highest BCUT2D eigenvalue weighted by Gasteiger charge is 1.99. The highest BCUT2D eigenvalue weighted by Crippen LogP contribution is 2.14. The summed E-state index contributed by atoms with van der Waals surface area (Å²) in [6.07, 6.45) is 0.851. The van der Waals surface area contributed by atoms with Crippen molar-refractivity contribution in [3.8, 4) is 5.75 Å². The van der Waals surface area contributed by atoms with E-state index in [0.717, 1.165) is 24.1 Å². The molecule has 2 aromatic rings. The van der Waals surface area contributed by atoms with Gasteiger partial charge in [0.1, 0.15) is 11.6 Å². The zero-order chi connectivity index (χ0) is 13.7. The highest BCUT2D eigenvalue weighted by molar-refractivity contribution is 6.30. The van der Waals surface area contributed by atoms with Crippen molar-refractivity contribution in [1.82, 2.24) is 5.32 Å². The number of phenolic OH excluding ortho intramolecular Hbond substituents is 1. The van der Waals surface area contributed by atoms with E-state index in [2.05, 4.69) is 5.32 Å². The Morgan fingerprint density at radius 2 is 1.79 bits per heavy atom. The first kappa shape index (κ1) is 13.8. The molecule has 19 heavy (non-hydrogen) atoms. The lowest BCUT2D eigenvalue weighted by molar-refractivity contribution is 0.475. The minimum Gasteiger partial charge on any atom is -0.508 e. The molecule has 4 heteroatoms. The fourth-order valence-electron chi connectivity index (χ4n) is 1.84. The van der Waals surface area contributed by atoms with E-state index < -0.39 is 0 Å². The number of nitrogens with one attached hydrogen (secondary N) is 1. The Hall–Kier alpha value is -1.58. The van der Waals surface area contributed by atoms with Gasteiger partial charge in [-0.05, 0) is 54.4 Å². The lowest BCUT2D eigenvalue weighted by Crippen LogP contribution is -2.16. The SMILES string of the molecule is Oc1ccc(CCNCc2cc(F)cc(Cl)c2)cc1. The van der Waals surface area contributed by atoms with E-state index in [9.17, 15) is 4.39 Å². The summed E-state index contributed by atoms with van der Waals surface area (Å²) < 4.78 is 13.1. The van der Waals surface area contributed by atoms with Crippen molar-refractivity contribution in [3.63, 3.8) is 0 Å². The van der Waals surface area contributed by atoms with Gasteiger partial charge in [-0.25, -0.2) is 4.39 Å². The van der Waals surface area contributed by atoms with E-state index in [1.165, 1.54) is 12.1 Å². The van der Waals surface area contributed by atoms with Crippen LogP contribution in [0.15, 0.2) is 42.5 Å². The predicted octanol–water partition coefficient (Wildman–Crippen LogP) is 3.52. The zero-order valence-corrected chi connectivity index (χ0v) is 11.1. The van der Waals surface area contributed by atoms with Crippen LogP contribution >= 0.6 is 11.6 Å². The summed E-state index contributed by atoms with van der Waals surface area (Å²) in [4.78, 5) is 0. The Labute approximate surface area is 116 Å². The molecule has 0 atom stereocenters. The molecule has 2 rings (SSSR count). The molecular weight excluding hydrogens is 265 g/mol. The minimum atomic E-state index is -0.317. The molecule has 0 saturated heterocycles. The fourth-order valence-corrected chi connectivity index (χ4v) is 2.09. The van der Waals surface area contributed by atoms with Crippen molar-refractivity contribution in [2.24, 2.45) is 0 Å². The Kier molecular flexibility index (Phi) is 4.77. The van der Waals surface area contributed by atoms with Crippen LogP contribution in [0.1, 0.15) is 11.1 Å². The smallest absolute Gasteiger partial charge is 0.125 e. The average molecular weight is 280 g/mol. The maximum absolute atomic E-state index is 13.1. The summed E-state index contributed by atoms with van der Waals surface area (Å²) in [6, 6.07) is 11.6. The second-order valence-corrected chi connectivity index (χ2v) is 4.81. The first-order valence-corrected chi connectivity index (χ1v) is 6.45. The molecule has 0 aliphatic heterocycles. The highest BCUT2D eigenvalue weighted by atomic mass is 35.5. The number of aromatic hydroxyl groups is 1. The molecule has 0 bridgehead atoms. The van der Waals surface area contributed by atoms with Gasteiger partial charge in [-0.15, -0.1) is 0 Å². The molecule has 0 saturated carbocycles. The van der Waals surface area contributed by atoms with Gasteiger partial charge < -0.3 is 10.4 Å². The Morgan fingerprint density at radius 1 is 1.05 bits per heavy atom. The largest absolute Gasteiger partial charge is 0.508 e. The van der Waals surface area contributed by atoms with Gasteiger partial charge in [-0.3, -0.25) is 0 Å². The van der Waals surface area contributed by atoms with Crippen molar-refractivity contribution in [1.29, 1.82) is 0 Å². The third-order valence-corrected chi connectivity index (χ3v) is 3.00. The summed E-state index contributed by atoms with van der Waals surface area (Å²) in [7, 11) is 0. The van der Waals surface area contributed by atoms with Crippen LogP contribution in [0.3, 0.4) is 0 Å². The molecule has 0 radical (unpaired) electrons. The second kappa shape index (κ2) is 6.55. The molecule has 0 fully saturated rings. The van der Waals surface area contributed by atoms with Crippen molar-refractivity contribution in [2.45, 2.75) is 13.0 Å². The quantitative estimate of drug-likeness (QED) is 0.821. The van der Waals surface area contributed by atoms with Gasteiger partial charge in [0.15, 0.2) is 0 Å². The number of rotatable bonds is 5. The molecule has 100 valence electrons. The summed E-state index contributed by atoms with van der Waals surface area (Å²) in [5.41, 5.74) is 1.97. The Bertz CT molecular complexity index is 522. The van der Waals surface area contributed by atoms with Crippen LogP contribution in [0.5, 0.6) is 5.75 Å². The van der Waals surface area contributed by atoms with Gasteiger partial charge in [0.05, 0.1) is 0 Å². The van der Waals surface area contributed by atoms with Gasteiger partial charge in [-0.1, -0.05) is 23.7 Å². The standard InChI is InChI=1S/C15H15ClFNO/c16-13-7-12(8-14(17)9-13)10-18-6-5-11-1-3-15(19)4-2-11/h1-4,7-9,18-19H,5-6,10H2. The van der Waals surface area contributed by atoms with Crippen LogP contribution in [0.25, 0.3) is 0 Å². The molecule has 2 nitrogen and oxygen atoms in total. The third kappa shape index (κ3) is 4.54. The number of phenols is 1. The van der Waals surface area contributed by atoms with E-state index in [4.69, 9.17) is 16.7 Å². The molecule has 2 aromatic carbocycles. The van der Waals surface area contributed by atoms with E-state index in [0.29, 0.717) is 11.6 Å². The van der Waals surface area contributed by atoms with Crippen molar-refractivity contribution in [3.05, 3.63) is 64.4 Å². The molecule has 0 aromatic heterocycles. The normalized spacial score (nSPS) is 10.6. The number of hydrogen-bond donors (Lipinski definition) is 2. The summed E-state index contributed by atoms with van der Waals surface area (Å²) in [5, 5.41) is 12.8. The van der Waals surface area contributed by atoms with Crippen LogP contribution in [-0.2, 0) is 13.0 Å². The predicted molar refractivity (Wildman–Crippen MR) is 74.9 cm³/mol. The maximum atomic E-state index is 13.1. The van der Waals surface area contributed by atoms with Crippen molar-refractivity contribution >= 4 is 11.6 Å². The van der Waals surface area contributed by atoms with Crippen LogP contribution in [0.4, 0.5) is 4.39 Å². The summed E-state index contributed by atoms with van der Waals surface area (Å²) in [6.45, 7) is 1.36. The van der Waals surface area contributed by atoms with Gasteiger partial charge >= 0.3 is 0 Å². The van der Waals surface area contributed by atoms with E-state index in [1.54, 1.807) is 18.2 Å². The molecule has 0 aliphatic rings. The van der Waals surface area contributed by atoms with Crippen LogP contribution in [-0.4, -0.2) is 11.7 Å². The monoisotopic (exact) mass is 279 g/mol. The van der Waals surface area contributed by atoms with E-state index in [1.807, 2.05) is 12.1 Å². The summed E-state index contributed by atoms with van der Waals surface area (Å²) >= 11 is 5.78. The molecule has 0 unspecified atom stereocenters. The Morgan fingerprint density at radius 3 is 2.47 bits per heavy atom. The lowest BCUT2D eigenvalue weighted by Gasteiger charge is -2.06. The molecule has 0 spiro atoms. The van der Waals surface area contributed by atoms with Gasteiger partial charge in [0.2, 0.25) is 0 Å². The first-order valence-electron chi connectivity index (χ1n) is 6.07. The minimum absolute atomic E-state index is 0.270. The second-order valence-electron chi connectivity index (χ2n) is 4.37. The molecule has 2 N–H and O–H groups in total. The van der Waals surface area contributed by atoms with E-state index >= 15 is 0 Å². The molecular formula is C15H15ClFNO. The van der Waals surface area contributed by atoms with E-state index in [-0.39, 0.29) is 11.6 Å².